The van der Waals surface area contributed by atoms with Crippen molar-refractivity contribution in [1.82, 2.24) is 4.90 Å². The number of nitrogens with zero attached hydrogens (tertiary/aromatic N) is 1. The van der Waals surface area contributed by atoms with E-state index in [4.69, 9.17) is 9.47 Å². The number of benzene rings is 1. The maximum Gasteiger partial charge on any atom is 0.129 e. The Balaban J connectivity index is 1.88. The molecule has 20 heavy (non-hydrogen) atoms. The molecule has 1 aromatic carbocycles. The van der Waals surface area contributed by atoms with Crippen LogP contribution in [0.3, 0.4) is 0 Å². The van der Waals surface area contributed by atoms with Crippen LogP contribution in [0.15, 0.2) is 18.2 Å². The second-order valence-corrected chi connectivity index (χ2v) is 6.22. The topological polar surface area (TPSA) is 41.9 Å². The lowest BCUT2D eigenvalue weighted by atomic mass is 9.88. The predicted molar refractivity (Wildman–Crippen MR) is 77.3 cm³/mol. The molecule has 1 spiro atoms. The second-order valence-electron chi connectivity index (χ2n) is 6.22. The molecular formula is C16H23NO3. The van der Waals surface area contributed by atoms with Crippen molar-refractivity contribution >= 4 is 0 Å². The maximum atomic E-state index is 10.4. The molecule has 110 valence electrons. The van der Waals surface area contributed by atoms with Crippen LogP contribution in [0.25, 0.3) is 0 Å². The Bertz CT molecular complexity index is 502. The lowest BCUT2D eigenvalue weighted by Crippen LogP contribution is -2.44. The standard InChI is InChI=1S/C16H23NO3/c1-11(2)17-7-6-16(10-17)9-14(18)13-5-4-12(19-3)8-15(13)20-16/h4-5,8,11,14,18H,6-7,9-10H2,1-3H3/t14-,16?/m0/s1. The second kappa shape index (κ2) is 4.93. The van der Waals surface area contributed by atoms with Gasteiger partial charge in [-0.25, -0.2) is 0 Å². The molecular weight excluding hydrogens is 254 g/mol. The van der Waals surface area contributed by atoms with Crippen molar-refractivity contribution < 1.29 is 14.6 Å². The molecule has 4 nitrogen and oxygen atoms in total. The van der Waals surface area contributed by atoms with Crippen LogP contribution >= 0.6 is 0 Å². The van der Waals surface area contributed by atoms with Gasteiger partial charge in [-0.1, -0.05) is 0 Å². The molecule has 2 aliphatic rings. The van der Waals surface area contributed by atoms with Crippen LogP contribution in [0, 0.1) is 0 Å². The van der Waals surface area contributed by atoms with Crippen molar-refractivity contribution in [2.24, 2.45) is 0 Å². The molecule has 0 aromatic heterocycles. The Kier molecular flexibility index (Phi) is 3.38. The number of likely N-dealkylation sites (tertiary alicyclic amines) is 1. The van der Waals surface area contributed by atoms with Gasteiger partial charge >= 0.3 is 0 Å². The molecule has 0 amide bonds. The lowest BCUT2D eigenvalue weighted by molar-refractivity contribution is -0.00904. The monoisotopic (exact) mass is 277 g/mol. The maximum absolute atomic E-state index is 10.4. The Morgan fingerprint density at radius 1 is 1.45 bits per heavy atom. The summed E-state index contributed by atoms with van der Waals surface area (Å²) >= 11 is 0. The highest BCUT2D eigenvalue weighted by Gasteiger charge is 2.46. The van der Waals surface area contributed by atoms with Crippen molar-refractivity contribution in [2.45, 2.75) is 44.4 Å². The number of methoxy groups -OCH3 is 1. The van der Waals surface area contributed by atoms with Crippen LogP contribution in [-0.4, -0.2) is 41.8 Å². The summed E-state index contributed by atoms with van der Waals surface area (Å²) in [6.45, 7) is 6.33. The summed E-state index contributed by atoms with van der Waals surface area (Å²) in [6.07, 6.45) is 1.20. The SMILES string of the molecule is COc1ccc2c(c1)OC1(CCN(C(C)C)C1)C[C@@H]2O. The number of hydrogen-bond acceptors (Lipinski definition) is 4. The minimum absolute atomic E-state index is 0.247. The van der Waals surface area contributed by atoms with E-state index in [1.165, 1.54) is 0 Å². The molecule has 4 heteroatoms. The lowest BCUT2D eigenvalue weighted by Gasteiger charge is -2.38. The van der Waals surface area contributed by atoms with E-state index in [9.17, 15) is 5.11 Å². The van der Waals surface area contributed by atoms with E-state index < -0.39 is 6.10 Å². The minimum Gasteiger partial charge on any atom is -0.497 e. The Morgan fingerprint density at radius 2 is 2.25 bits per heavy atom. The molecule has 1 unspecified atom stereocenters. The van der Waals surface area contributed by atoms with Crippen molar-refractivity contribution in [3.05, 3.63) is 23.8 Å². The molecule has 0 bridgehead atoms. The number of aliphatic hydroxyl groups excluding tert-OH is 1. The molecule has 1 fully saturated rings. The van der Waals surface area contributed by atoms with Crippen LogP contribution in [0.5, 0.6) is 11.5 Å². The zero-order chi connectivity index (χ0) is 14.3. The summed E-state index contributed by atoms with van der Waals surface area (Å²) in [7, 11) is 1.65. The van der Waals surface area contributed by atoms with E-state index in [2.05, 4.69) is 18.7 Å². The van der Waals surface area contributed by atoms with Gasteiger partial charge in [0.05, 0.1) is 13.2 Å². The highest BCUT2D eigenvalue weighted by Crippen LogP contribution is 2.45. The van der Waals surface area contributed by atoms with E-state index in [-0.39, 0.29) is 5.60 Å². The van der Waals surface area contributed by atoms with Gasteiger partial charge in [0.25, 0.3) is 0 Å². The molecule has 2 aliphatic heterocycles. The Morgan fingerprint density at radius 3 is 2.90 bits per heavy atom. The largest absolute Gasteiger partial charge is 0.497 e. The van der Waals surface area contributed by atoms with Gasteiger partial charge in [-0.2, -0.15) is 0 Å². The summed E-state index contributed by atoms with van der Waals surface area (Å²) in [5, 5.41) is 10.4. The Hall–Kier alpha value is -1.26. The zero-order valence-electron chi connectivity index (χ0n) is 12.4. The first-order chi connectivity index (χ1) is 9.53. The number of rotatable bonds is 2. The first kappa shape index (κ1) is 13.7. The quantitative estimate of drug-likeness (QED) is 0.901. The van der Waals surface area contributed by atoms with E-state index in [0.717, 1.165) is 36.6 Å². The van der Waals surface area contributed by atoms with E-state index in [1.807, 2.05) is 18.2 Å². The molecule has 1 N–H and O–H groups in total. The summed E-state index contributed by atoms with van der Waals surface area (Å²) in [4.78, 5) is 2.41. The van der Waals surface area contributed by atoms with Gasteiger partial charge in [0.1, 0.15) is 17.1 Å². The van der Waals surface area contributed by atoms with Crippen molar-refractivity contribution in [3.8, 4) is 11.5 Å². The summed E-state index contributed by atoms with van der Waals surface area (Å²) in [6, 6.07) is 6.18. The van der Waals surface area contributed by atoms with Crippen molar-refractivity contribution in [2.75, 3.05) is 20.2 Å². The number of fused-ring (bicyclic) bond motifs is 1. The molecule has 1 saturated heterocycles. The number of hydrogen-bond donors (Lipinski definition) is 1. The third-order valence-electron chi connectivity index (χ3n) is 4.55. The molecule has 1 aromatic rings. The highest BCUT2D eigenvalue weighted by atomic mass is 16.5. The molecule has 0 saturated carbocycles. The smallest absolute Gasteiger partial charge is 0.129 e. The summed E-state index contributed by atoms with van der Waals surface area (Å²) < 4.78 is 11.5. The highest BCUT2D eigenvalue weighted by molar-refractivity contribution is 5.44. The van der Waals surface area contributed by atoms with Gasteiger partial charge in [-0.05, 0) is 26.0 Å². The average molecular weight is 277 g/mol. The third-order valence-corrected chi connectivity index (χ3v) is 4.55. The fourth-order valence-electron chi connectivity index (χ4n) is 3.31. The van der Waals surface area contributed by atoms with E-state index in [1.54, 1.807) is 7.11 Å². The number of ether oxygens (including phenoxy) is 2. The van der Waals surface area contributed by atoms with Gasteiger partial charge in [0.15, 0.2) is 0 Å². The van der Waals surface area contributed by atoms with E-state index >= 15 is 0 Å². The van der Waals surface area contributed by atoms with Crippen LogP contribution in [0.1, 0.15) is 38.4 Å². The van der Waals surface area contributed by atoms with Crippen LogP contribution < -0.4 is 9.47 Å². The Labute approximate surface area is 120 Å². The fraction of sp³-hybridized carbons (Fsp3) is 0.625. The first-order valence-electron chi connectivity index (χ1n) is 7.32. The minimum atomic E-state index is -0.447. The van der Waals surface area contributed by atoms with Gasteiger partial charge in [0, 0.05) is 43.6 Å². The van der Waals surface area contributed by atoms with Gasteiger partial charge in [-0.3, -0.25) is 4.90 Å². The van der Waals surface area contributed by atoms with Crippen LogP contribution in [0.4, 0.5) is 0 Å². The van der Waals surface area contributed by atoms with Crippen LogP contribution in [-0.2, 0) is 0 Å². The molecule has 0 radical (unpaired) electrons. The zero-order valence-corrected chi connectivity index (χ0v) is 12.4. The van der Waals surface area contributed by atoms with Crippen LogP contribution in [0.2, 0.25) is 0 Å². The molecule has 0 aliphatic carbocycles. The number of aliphatic hydroxyl groups is 1. The summed E-state index contributed by atoms with van der Waals surface area (Å²) in [5.74, 6) is 1.54. The predicted octanol–water partition coefficient (Wildman–Crippen LogP) is 2.36. The van der Waals surface area contributed by atoms with E-state index in [0.29, 0.717) is 12.5 Å². The van der Waals surface area contributed by atoms with Crippen molar-refractivity contribution in [3.63, 3.8) is 0 Å². The molecule has 3 rings (SSSR count). The molecule has 2 heterocycles. The van der Waals surface area contributed by atoms with Gasteiger partial charge < -0.3 is 14.6 Å². The normalized spacial score (nSPS) is 29.6. The first-order valence-corrected chi connectivity index (χ1v) is 7.32. The molecule has 2 atom stereocenters. The fourth-order valence-corrected chi connectivity index (χ4v) is 3.31. The van der Waals surface area contributed by atoms with Gasteiger partial charge in [-0.15, -0.1) is 0 Å². The van der Waals surface area contributed by atoms with Crippen molar-refractivity contribution in [1.29, 1.82) is 0 Å². The third kappa shape index (κ3) is 2.27. The average Bonchev–Trinajstić information content (AvgIpc) is 2.81. The van der Waals surface area contributed by atoms with Gasteiger partial charge in [0.2, 0.25) is 0 Å². The summed E-state index contributed by atoms with van der Waals surface area (Å²) in [5.41, 5.74) is 0.627.